The summed E-state index contributed by atoms with van der Waals surface area (Å²) in [5, 5.41) is 8.88. The first kappa shape index (κ1) is 17.4. The molecular weight excluding hydrogens is 296 g/mol. The molecule has 7 nitrogen and oxygen atoms in total. The predicted molar refractivity (Wildman–Crippen MR) is 90.8 cm³/mol. The number of anilines is 2. The van der Waals surface area contributed by atoms with Crippen LogP contribution in [0.3, 0.4) is 0 Å². The number of rotatable bonds is 6. The lowest BCUT2D eigenvalue weighted by molar-refractivity contribution is -0.131. The zero-order valence-corrected chi connectivity index (χ0v) is 13.9. The maximum Gasteiger partial charge on any atom is 0.236 e. The Hall–Kier alpha value is -1.99. The van der Waals surface area contributed by atoms with Crippen molar-refractivity contribution in [2.24, 2.45) is 0 Å². The Bertz CT molecular complexity index is 530. The van der Waals surface area contributed by atoms with Gasteiger partial charge in [-0.15, -0.1) is 0 Å². The van der Waals surface area contributed by atoms with Gasteiger partial charge in [-0.1, -0.05) is 0 Å². The third-order valence-corrected chi connectivity index (χ3v) is 4.17. The van der Waals surface area contributed by atoms with E-state index in [1.165, 1.54) is 0 Å². The van der Waals surface area contributed by atoms with Gasteiger partial charge in [-0.25, -0.2) is 0 Å². The normalized spacial score (nSPS) is 15.5. The van der Waals surface area contributed by atoms with Crippen molar-refractivity contribution in [3.05, 3.63) is 18.2 Å². The summed E-state index contributed by atoms with van der Waals surface area (Å²) in [6.07, 6.45) is 0. The minimum absolute atomic E-state index is 0.00497. The Kier molecular flexibility index (Phi) is 6.06. The van der Waals surface area contributed by atoms with Crippen molar-refractivity contribution in [3.63, 3.8) is 0 Å². The number of amides is 1. The second-order valence-electron chi connectivity index (χ2n) is 5.73. The molecule has 1 aromatic rings. The molecule has 0 unspecified atom stereocenters. The highest BCUT2D eigenvalue weighted by atomic mass is 16.5. The Labute approximate surface area is 137 Å². The molecule has 1 fully saturated rings. The van der Waals surface area contributed by atoms with Crippen LogP contribution in [0, 0.1) is 0 Å². The molecule has 1 aliphatic rings. The molecule has 1 heterocycles. The van der Waals surface area contributed by atoms with Crippen molar-refractivity contribution in [3.8, 4) is 5.75 Å². The number of benzene rings is 1. The van der Waals surface area contributed by atoms with Crippen LogP contribution in [-0.4, -0.2) is 80.8 Å². The smallest absolute Gasteiger partial charge is 0.236 e. The van der Waals surface area contributed by atoms with E-state index in [0.717, 1.165) is 31.9 Å². The van der Waals surface area contributed by atoms with E-state index in [1.54, 1.807) is 19.1 Å². The number of nitrogens with zero attached hydrogens (tertiary/aromatic N) is 3. The lowest BCUT2D eigenvalue weighted by Gasteiger charge is -2.36. The van der Waals surface area contributed by atoms with Gasteiger partial charge in [-0.05, 0) is 12.1 Å². The van der Waals surface area contributed by atoms with Crippen molar-refractivity contribution in [1.82, 2.24) is 9.80 Å². The summed E-state index contributed by atoms with van der Waals surface area (Å²) >= 11 is 0. The third kappa shape index (κ3) is 4.49. The fourth-order valence-corrected chi connectivity index (χ4v) is 2.65. The molecule has 2 rings (SSSR count). The Morgan fingerprint density at radius 3 is 2.65 bits per heavy atom. The third-order valence-electron chi connectivity index (χ3n) is 4.17. The molecule has 0 aromatic heterocycles. The number of aliphatic hydroxyl groups excluding tert-OH is 1. The van der Waals surface area contributed by atoms with E-state index >= 15 is 0 Å². The topological polar surface area (TPSA) is 82.3 Å². The fourth-order valence-electron chi connectivity index (χ4n) is 2.65. The largest absolute Gasteiger partial charge is 0.495 e. The maximum absolute atomic E-state index is 12.0. The zero-order valence-electron chi connectivity index (χ0n) is 13.9. The van der Waals surface area contributed by atoms with Gasteiger partial charge in [-0.2, -0.15) is 0 Å². The maximum atomic E-state index is 12.0. The van der Waals surface area contributed by atoms with Crippen LogP contribution in [0.1, 0.15) is 0 Å². The molecule has 0 radical (unpaired) electrons. The van der Waals surface area contributed by atoms with Crippen molar-refractivity contribution in [2.75, 3.05) is 70.7 Å². The summed E-state index contributed by atoms with van der Waals surface area (Å²) in [7, 11) is 3.33. The highest BCUT2D eigenvalue weighted by molar-refractivity contribution is 5.78. The molecule has 1 aliphatic heterocycles. The molecule has 1 aromatic carbocycles. The lowest BCUT2D eigenvalue weighted by atomic mass is 10.2. The van der Waals surface area contributed by atoms with Crippen LogP contribution < -0.4 is 15.4 Å². The molecule has 23 heavy (non-hydrogen) atoms. The Morgan fingerprint density at radius 2 is 2.04 bits per heavy atom. The molecule has 7 heteroatoms. The first-order valence-electron chi connectivity index (χ1n) is 7.80. The van der Waals surface area contributed by atoms with Gasteiger partial charge in [0.2, 0.25) is 5.91 Å². The summed E-state index contributed by atoms with van der Waals surface area (Å²) in [5.74, 6) is 0.729. The zero-order chi connectivity index (χ0) is 16.8. The van der Waals surface area contributed by atoms with E-state index in [2.05, 4.69) is 9.80 Å². The first-order valence-corrected chi connectivity index (χ1v) is 7.80. The van der Waals surface area contributed by atoms with Crippen molar-refractivity contribution in [1.29, 1.82) is 0 Å². The number of likely N-dealkylation sites (N-methyl/N-ethyl adjacent to an activating group) is 1. The molecule has 0 aliphatic carbocycles. The van der Waals surface area contributed by atoms with Crippen LogP contribution in [0.25, 0.3) is 0 Å². The molecular formula is C16H26N4O3. The molecule has 128 valence electrons. The van der Waals surface area contributed by atoms with Crippen LogP contribution in [-0.2, 0) is 4.79 Å². The number of nitrogens with two attached hydrogens (primary N) is 1. The Morgan fingerprint density at radius 1 is 1.35 bits per heavy atom. The molecule has 0 saturated carbocycles. The van der Waals surface area contributed by atoms with Gasteiger partial charge in [-0.3, -0.25) is 9.69 Å². The first-order chi connectivity index (χ1) is 11.0. The van der Waals surface area contributed by atoms with Crippen LogP contribution in [0.15, 0.2) is 18.2 Å². The number of aliphatic hydroxyl groups is 1. The second kappa shape index (κ2) is 8.03. The van der Waals surface area contributed by atoms with Gasteiger partial charge < -0.3 is 25.4 Å². The fraction of sp³-hybridized carbons (Fsp3) is 0.562. The SMILES string of the molecule is COc1cc(N2CCN(CC(=O)N(C)CCO)CC2)ccc1N. The summed E-state index contributed by atoms with van der Waals surface area (Å²) in [4.78, 5) is 18.0. The number of hydrogen-bond acceptors (Lipinski definition) is 6. The number of piperazine rings is 1. The number of nitrogen functional groups attached to an aromatic ring is 1. The quantitative estimate of drug-likeness (QED) is 0.709. The second-order valence-corrected chi connectivity index (χ2v) is 5.73. The van der Waals surface area contributed by atoms with Crippen molar-refractivity contribution < 1.29 is 14.6 Å². The van der Waals surface area contributed by atoms with Gasteiger partial charge in [0.15, 0.2) is 0 Å². The van der Waals surface area contributed by atoms with Crippen LogP contribution in [0.2, 0.25) is 0 Å². The van der Waals surface area contributed by atoms with E-state index in [-0.39, 0.29) is 12.5 Å². The number of hydrogen-bond donors (Lipinski definition) is 2. The van der Waals surface area contributed by atoms with Gasteiger partial charge in [0.05, 0.1) is 25.9 Å². The van der Waals surface area contributed by atoms with Gasteiger partial charge >= 0.3 is 0 Å². The number of methoxy groups -OCH3 is 1. The van der Waals surface area contributed by atoms with Gasteiger partial charge in [0.25, 0.3) is 0 Å². The van der Waals surface area contributed by atoms with Crippen molar-refractivity contribution in [2.45, 2.75) is 0 Å². The minimum Gasteiger partial charge on any atom is -0.495 e. The minimum atomic E-state index is -0.00497. The number of carbonyl (C=O) groups is 1. The van der Waals surface area contributed by atoms with E-state index < -0.39 is 0 Å². The van der Waals surface area contributed by atoms with E-state index in [4.69, 9.17) is 15.6 Å². The number of ether oxygens (including phenoxy) is 1. The van der Waals surface area contributed by atoms with Gasteiger partial charge in [0, 0.05) is 51.5 Å². The van der Waals surface area contributed by atoms with Crippen molar-refractivity contribution >= 4 is 17.3 Å². The molecule has 0 bridgehead atoms. The molecule has 3 N–H and O–H groups in total. The van der Waals surface area contributed by atoms with E-state index in [0.29, 0.717) is 24.5 Å². The molecule has 1 saturated heterocycles. The highest BCUT2D eigenvalue weighted by Crippen LogP contribution is 2.27. The summed E-state index contributed by atoms with van der Waals surface area (Å²) in [6.45, 7) is 4.12. The molecule has 1 amide bonds. The summed E-state index contributed by atoms with van der Waals surface area (Å²) in [6, 6.07) is 5.80. The van der Waals surface area contributed by atoms with Crippen LogP contribution in [0.5, 0.6) is 5.75 Å². The average Bonchev–Trinajstić information content (AvgIpc) is 2.56. The van der Waals surface area contributed by atoms with E-state index in [9.17, 15) is 4.79 Å². The number of carbonyl (C=O) groups excluding carboxylic acids is 1. The summed E-state index contributed by atoms with van der Waals surface area (Å²) < 4.78 is 5.27. The molecule has 0 atom stereocenters. The Balaban J connectivity index is 1.87. The highest BCUT2D eigenvalue weighted by Gasteiger charge is 2.21. The van der Waals surface area contributed by atoms with Crippen LogP contribution >= 0.6 is 0 Å². The average molecular weight is 322 g/mol. The van der Waals surface area contributed by atoms with E-state index in [1.807, 2.05) is 18.2 Å². The lowest BCUT2D eigenvalue weighted by Crippen LogP contribution is -2.50. The van der Waals surface area contributed by atoms with Gasteiger partial charge in [0.1, 0.15) is 5.75 Å². The van der Waals surface area contributed by atoms with Crippen LogP contribution in [0.4, 0.5) is 11.4 Å². The molecule has 0 spiro atoms. The predicted octanol–water partition coefficient (Wildman–Crippen LogP) is -0.150. The summed E-state index contributed by atoms with van der Waals surface area (Å²) in [5.41, 5.74) is 7.56. The monoisotopic (exact) mass is 322 g/mol. The standard InChI is InChI=1S/C16H26N4O3/c1-18(9-10-21)16(22)12-19-5-7-20(8-6-19)13-3-4-14(17)15(11-13)23-2/h3-4,11,21H,5-10,12,17H2,1-2H3.